The maximum atomic E-state index is 13.9. The summed E-state index contributed by atoms with van der Waals surface area (Å²) in [6, 6.07) is 20.6. The van der Waals surface area contributed by atoms with Gasteiger partial charge in [0.2, 0.25) is 15.9 Å². The van der Waals surface area contributed by atoms with Gasteiger partial charge in [0.15, 0.2) is 0 Å². The Morgan fingerprint density at radius 2 is 1.68 bits per heavy atom. The molecule has 2 bridgehead atoms. The third-order valence-electron chi connectivity index (χ3n) is 9.62. The van der Waals surface area contributed by atoms with Crippen LogP contribution in [0.5, 0.6) is 5.75 Å². The molecule has 0 radical (unpaired) electrons. The van der Waals surface area contributed by atoms with Crippen LogP contribution in [-0.2, 0) is 32.6 Å². The molecule has 3 aromatic carbocycles. The number of carbonyl (C=O) groups is 2. The summed E-state index contributed by atoms with van der Waals surface area (Å²) in [5.74, 6) is -1.42. The number of aliphatic hydroxyl groups excluding tert-OH is 1. The standard InChI is InChI=1S/C38H45F3N4O7S/c1-44(53(49,50)20-18-38(39,40)41)33-15-9-10-19-45(37(48)52-25-27-13-7-4-8-14-27)34-23-31(30-22-28(51-2)16-17-29(30)34)42-24-35(46)32(43-36(33)47)21-26-11-5-3-6-12-26/h3-14,16-17,22,31-35,42,46H,15,18-21,23-25H2,1-2H3,(H,43,47)/b10-9-/t31-,32+,33+,34+,35-/m1/s1. The molecule has 53 heavy (non-hydrogen) atoms. The predicted octanol–water partition coefficient (Wildman–Crippen LogP) is 5.04. The first kappa shape index (κ1) is 39.8. The number of hydrogen-bond donors (Lipinski definition) is 3. The minimum Gasteiger partial charge on any atom is -0.497 e. The van der Waals surface area contributed by atoms with Crippen molar-refractivity contribution >= 4 is 22.0 Å². The van der Waals surface area contributed by atoms with Crippen LogP contribution in [0.2, 0.25) is 0 Å². The number of amides is 2. The van der Waals surface area contributed by atoms with E-state index in [-0.39, 0.29) is 38.6 Å². The average Bonchev–Trinajstić information content (AvgIpc) is 3.50. The number of hydrogen-bond acceptors (Lipinski definition) is 8. The number of benzene rings is 3. The number of carbonyl (C=O) groups excluding carboxylic acids is 2. The molecule has 11 nitrogen and oxygen atoms in total. The lowest BCUT2D eigenvalue weighted by Gasteiger charge is -2.31. The molecule has 0 unspecified atom stereocenters. The number of nitrogens with one attached hydrogen (secondary N) is 2. The largest absolute Gasteiger partial charge is 0.497 e. The van der Waals surface area contributed by atoms with E-state index >= 15 is 0 Å². The number of nitrogens with zero attached hydrogens (tertiary/aromatic N) is 2. The van der Waals surface area contributed by atoms with E-state index in [9.17, 15) is 36.3 Å². The number of rotatable bonds is 9. The van der Waals surface area contributed by atoms with E-state index in [2.05, 4.69) is 10.6 Å². The van der Waals surface area contributed by atoms with Gasteiger partial charge in [0.05, 0.1) is 37.5 Å². The number of sulfonamides is 1. The van der Waals surface area contributed by atoms with Crippen molar-refractivity contribution in [1.29, 1.82) is 0 Å². The summed E-state index contributed by atoms with van der Waals surface area (Å²) >= 11 is 0. The topological polar surface area (TPSA) is 138 Å². The molecule has 3 N–H and O–H groups in total. The molecule has 15 heteroatoms. The van der Waals surface area contributed by atoms with Gasteiger partial charge in [0, 0.05) is 26.2 Å². The summed E-state index contributed by atoms with van der Waals surface area (Å²) in [5.41, 5.74) is 3.29. The first-order valence-corrected chi connectivity index (χ1v) is 18.9. The van der Waals surface area contributed by atoms with E-state index in [1.165, 1.54) is 6.08 Å². The molecule has 1 aliphatic carbocycles. The Bertz CT molecular complexity index is 1830. The smallest absolute Gasteiger partial charge is 0.410 e. The number of methoxy groups -OCH3 is 1. The van der Waals surface area contributed by atoms with Gasteiger partial charge in [-0.2, -0.15) is 17.5 Å². The zero-order valence-electron chi connectivity index (χ0n) is 29.5. The van der Waals surface area contributed by atoms with Crippen LogP contribution in [-0.4, -0.2) is 92.1 Å². The fourth-order valence-corrected chi connectivity index (χ4v) is 7.98. The quantitative estimate of drug-likeness (QED) is 0.259. The fourth-order valence-electron chi connectivity index (χ4n) is 6.63. The van der Waals surface area contributed by atoms with Gasteiger partial charge >= 0.3 is 12.3 Å². The molecule has 3 aromatic rings. The molecule has 0 fully saturated rings. The van der Waals surface area contributed by atoms with Crippen LogP contribution in [0, 0.1) is 0 Å². The van der Waals surface area contributed by atoms with Crippen LogP contribution in [0.15, 0.2) is 91.0 Å². The Labute approximate surface area is 307 Å². The van der Waals surface area contributed by atoms with Gasteiger partial charge in [-0.05, 0) is 53.6 Å². The van der Waals surface area contributed by atoms with Crippen molar-refractivity contribution in [1.82, 2.24) is 19.8 Å². The first-order chi connectivity index (χ1) is 25.3. The van der Waals surface area contributed by atoms with Gasteiger partial charge in [0.1, 0.15) is 18.4 Å². The van der Waals surface area contributed by atoms with Gasteiger partial charge < -0.3 is 25.2 Å². The summed E-state index contributed by atoms with van der Waals surface area (Å²) in [6.07, 6.45) is -4.60. The SMILES string of the molecule is COc1ccc2c(c1)[C@H]1C[C@@H]2N(C(=O)OCc2ccccc2)C/C=C\C[C@H](N(C)S(=O)(=O)CCC(F)(F)F)C(=O)N[C@@H](Cc2ccccc2)[C@H](O)CN1. The lowest BCUT2D eigenvalue weighted by atomic mass is 9.99. The summed E-state index contributed by atoms with van der Waals surface area (Å²) in [6.45, 7) is 0.0170. The third-order valence-corrected chi connectivity index (χ3v) is 11.5. The summed E-state index contributed by atoms with van der Waals surface area (Å²) in [4.78, 5) is 29.3. The monoisotopic (exact) mass is 758 g/mol. The van der Waals surface area contributed by atoms with E-state index < -0.39 is 64.6 Å². The second kappa shape index (κ2) is 17.6. The lowest BCUT2D eigenvalue weighted by Crippen LogP contribution is -2.55. The molecule has 0 spiro atoms. The molecule has 5 atom stereocenters. The van der Waals surface area contributed by atoms with Gasteiger partial charge in [-0.25, -0.2) is 13.2 Å². The number of halogens is 3. The van der Waals surface area contributed by atoms with Crippen LogP contribution in [0.1, 0.15) is 53.6 Å². The zero-order chi connectivity index (χ0) is 38.2. The van der Waals surface area contributed by atoms with Crippen molar-refractivity contribution in [2.75, 3.05) is 33.0 Å². The molecule has 0 aromatic heterocycles. The maximum absolute atomic E-state index is 13.9. The third kappa shape index (κ3) is 10.6. The highest BCUT2D eigenvalue weighted by molar-refractivity contribution is 7.89. The second-order valence-electron chi connectivity index (χ2n) is 13.2. The molecule has 2 amide bonds. The van der Waals surface area contributed by atoms with E-state index in [0.29, 0.717) is 16.5 Å². The molecule has 1 heterocycles. The highest BCUT2D eigenvalue weighted by atomic mass is 32.2. The molecular formula is C38H45F3N4O7S. The van der Waals surface area contributed by atoms with E-state index in [4.69, 9.17) is 9.47 Å². The lowest BCUT2D eigenvalue weighted by molar-refractivity contribution is -0.130. The van der Waals surface area contributed by atoms with Crippen molar-refractivity contribution in [3.63, 3.8) is 0 Å². The van der Waals surface area contributed by atoms with E-state index in [0.717, 1.165) is 29.3 Å². The number of fused-ring (bicyclic) bond motifs is 5. The van der Waals surface area contributed by atoms with Crippen LogP contribution in [0.4, 0.5) is 18.0 Å². The van der Waals surface area contributed by atoms with E-state index in [1.54, 1.807) is 24.2 Å². The molecule has 0 saturated carbocycles. The van der Waals surface area contributed by atoms with Crippen molar-refractivity contribution in [2.45, 2.75) is 68.7 Å². The summed E-state index contributed by atoms with van der Waals surface area (Å²) in [7, 11) is -1.93. The first-order valence-electron chi connectivity index (χ1n) is 17.3. The molecule has 1 aliphatic heterocycles. The van der Waals surface area contributed by atoms with Gasteiger partial charge in [-0.15, -0.1) is 0 Å². The highest BCUT2D eigenvalue weighted by Crippen LogP contribution is 2.44. The van der Waals surface area contributed by atoms with Crippen molar-refractivity contribution in [3.8, 4) is 5.75 Å². The molecule has 286 valence electrons. The average molecular weight is 759 g/mol. The molecule has 5 rings (SSSR count). The Morgan fingerprint density at radius 3 is 2.34 bits per heavy atom. The van der Waals surface area contributed by atoms with Crippen LogP contribution >= 0.6 is 0 Å². The summed E-state index contributed by atoms with van der Waals surface area (Å²) < 4.78 is 77.4. The Morgan fingerprint density at radius 1 is 1.00 bits per heavy atom. The van der Waals surface area contributed by atoms with Crippen LogP contribution < -0.4 is 15.4 Å². The number of alkyl halides is 3. The van der Waals surface area contributed by atoms with Gasteiger partial charge in [0.25, 0.3) is 0 Å². The number of likely N-dealkylation sites (N-methyl/N-ethyl adjacent to an activating group) is 1. The number of β-amino-alcohol motifs (C(OH)–C–C–N with tert-alkyl or cyclic N) is 1. The second-order valence-corrected chi connectivity index (χ2v) is 15.3. The van der Waals surface area contributed by atoms with Crippen LogP contribution in [0.3, 0.4) is 0 Å². The molecule has 0 saturated heterocycles. The fraction of sp³-hybridized carbons (Fsp3) is 0.421. The van der Waals surface area contributed by atoms with Gasteiger partial charge in [-0.1, -0.05) is 78.9 Å². The Balaban J connectivity index is 1.50. The highest BCUT2D eigenvalue weighted by Gasteiger charge is 2.40. The number of ether oxygens (including phenoxy) is 2. The summed E-state index contributed by atoms with van der Waals surface area (Å²) in [5, 5.41) is 17.8. The minimum absolute atomic E-state index is 0.00704. The Hall–Kier alpha value is -4.44. The van der Waals surface area contributed by atoms with E-state index in [1.807, 2.05) is 72.8 Å². The molecule has 2 aliphatic rings. The Kier molecular flexibility index (Phi) is 13.2. The zero-order valence-corrected chi connectivity index (χ0v) is 30.4. The predicted molar refractivity (Wildman–Crippen MR) is 192 cm³/mol. The van der Waals surface area contributed by atoms with Crippen molar-refractivity contribution < 1.29 is 45.8 Å². The van der Waals surface area contributed by atoms with Gasteiger partial charge in [-0.3, -0.25) is 9.69 Å². The van der Waals surface area contributed by atoms with Crippen molar-refractivity contribution in [2.24, 2.45) is 0 Å². The van der Waals surface area contributed by atoms with Crippen LogP contribution in [0.25, 0.3) is 0 Å². The molecular weight excluding hydrogens is 713 g/mol. The maximum Gasteiger partial charge on any atom is 0.410 e. The van der Waals surface area contributed by atoms with Crippen molar-refractivity contribution in [3.05, 3.63) is 113 Å². The number of aliphatic hydroxyl groups is 1. The minimum atomic E-state index is -4.72. The normalized spacial score (nSPS) is 23.3.